The van der Waals surface area contributed by atoms with E-state index >= 15 is 0 Å². The van der Waals surface area contributed by atoms with Gasteiger partial charge in [-0.05, 0) is 39.7 Å². The molecule has 0 fully saturated rings. The van der Waals surface area contributed by atoms with Gasteiger partial charge in [-0.15, -0.1) is 0 Å². The molecule has 0 atom stereocenters. The highest BCUT2D eigenvalue weighted by Crippen LogP contribution is 2.32. The number of halogens is 3. The molecule has 6 heteroatoms. The number of rotatable bonds is 1. The summed E-state index contributed by atoms with van der Waals surface area (Å²) >= 11 is 15.2. The fourth-order valence-electron chi connectivity index (χ4n) is 1.85. The fraction of sp³-hybridized carbons (Fsp3) is 0.167. The minimum atomic E-state index is 0.307. The van der Waals surface area contributed by atoms with Crippen molar-refractivity contribution in [3.63, 3.8) is 0 Å². The average Bonchev–Trinajstić information content (AvgIpc) is 2.82. The molecule has 92 valence electrons. The molecule has 2 aromatic rings. The zero-order valence-corrected chi connectivity index (χ0v) is 12.2. The van der Waals surface area contributed by atoms with Crippen LogP contribution in [0.15, 0.2) is 22.7 Å². The molecular formula is C12H7BrCl2N2O. The van der Waals surface area contributed by atoms with E-state index in [9.17, 15) is 0 Å². The summed E-state index contributed by atoms with van der Waals surface area (Å²) in [4.78, 5) is 8.42. The van der Waals surface area contributed by atoms with Gasteiger partial charge in [0.05, 0.1) is 11.1 Å². The van der Waals surface area contributed by atoms with Crippen molar-refractivity contribution in [2.24, 2.45) is 0 Å². The zero-order chi connectivity index (χ0) is 12.7. The number of hydrogen-bond acceptors (Lipinski definition) is 3. The van der Waals surface area contributed by atoms with E-state index in [0.29, 0.717) is 20.6 Å². The molecule has 1 aliphatic rings. The molecule has 3 nitrogen and oxygen atoms in total. The predicted octanol–water partition coefficient (Wildman–Crippen LogP) is 4.15. The average molecular weight is 346 g/mol. The Kier molecular flexibility index (Phi) is 3.18. The number of ether oxygens (including phenoxy) is 1. The lowest BCUT2D eigenvalue weighted by molar-refractivity contribution is 0.357. The van der Waals surface area contributed by atoms with Gasteiger partial charge in [0.2, 0.25) is 0 Å². The van der Waals surface area contributed by atoms with E-state index in [-0.39, 0.29) is 0 Å². The van der Waals surface area contributed by atoms with E-state index in [2.05, 4.69) is 25.9 Å². The van der Waals surface area contributed by atoms with Crippen LogP contribution in [-0.4, -0.2) is 16.6 Å². The molecule has 1 aromatic carbocycles. The van der Waals surface area contributed by atoms with Gasteiger partial charge in [-0.3, -0.25) is 0 Å². The van der Waals surface area contributed by atoms with Crippen LogP contribution in [0.3, 0.4) is 0 Å². The Labute approximate surface area is 122 Å². The van der Waals surface area contributed by atoms with Gasteiger partial charge in [-0.1, -0.05) is 23.2 Å². The molecule has 1 aromatic heterocycles. The number of aromatic nitrogens is 2. The van der Waals surface area contributed by atoms with Crippen molar-refractivity contribution in [3.8, 4) is 17.1 Å². The van der Waals surface area contributed by atoms with Gasteiger partial charge in [0.25, 0.3) is 0 Å². The van der Waals surface area contributed by atoms with Gasteiger partial charge < -0.3 is 4.74 Å². The van der Waals surface area contributed by atoms with Crippen molar-refractivity contribution in [1.82, 2.24) is 9.97 Å². The van der Waals surface area contributed by atoms with Crippen LogP contribution in [0.4, 0.5) is 0 Å². The van der Waals surface area contributed by atoms with Gasteiger partial charge in [0.15, 0.2) is 5.82 Å². The maximum atomic E-state index is 5.98. The summed E-state index contributed by atoms with van der Waals surface area (Å²) in [6.45, 7) is 0.724. The van der Waals surface area contributed by atoms with Gasteiger partial charge in [0.1, 0.15) is 16.1 Å². The molecule has 0 amide bonds. The van der Waals surface area contributed by atoms with Gasteiger partial charge in [0, 0.05) is 12.0 Å². The van der Waals surface area contributed by atoms with Crippen LogP contribution in [0, 0.1) is 0 Å². The number of hydrogen-bond donors (Lipinski definition) is 0. The second kappa shape index (κ2) is 4.68. The predicted molar refractivity (Wildman–Crippen MR) is 74.4 cm³/mol. The van der Waals surface area contributed by atoms with Crippen molar-refractivity contribution in [2.45, 2.75) is 6.42 Å². The van der Waals surface area contributed by atoms with E-state index in [1.54, 1.807) is 0 Å². The van der Waals surface area contributed by atoms with E-state index in [1.807, 2.05) is 18.2 Å². The summed E-state index contributed by atoms with van der Waals surface area (Å²) in [6.07, 6.45) is 0.904. The lowest BCUT2D eigenvalue weighted by atomic mass is 10.1. The molecule has 0 saturated heterocycles. The summed E-state index contributed by atoms with van der Waals surface area (Å²) in [7, 11) is 0. The molecule has 0 N–H and O–H groups in total. The minimum Gasteiger partial charge on any atom is -0.493 e. The summed E-state index contributed by atoms with van der Waals surface area (Å²) in [5, 5.41) is 0.614. The van der Waals surface area contributed by atoms with Crippen LogP contribution in [0.5, 0.6) is 5.75 Å². The van der Waals surface area contributed by atoms with Gasteiger partial charge >= 0.3 is 0 Å². The molecular weight excluding hydrogens is 339 g/mol. The molecule has 0 bridgehead atoms. The first kappa shape index (κ1) is 12.2. The number of benzene rings is 1. The Hall–Kier alpha value is -0.840. The molecule has 0 aliphatic carbocycles. The Morgan fingerprint density at radius 1 is 1.17 bits per heavy atom. The number of fused-ring (bicyclic) bond motifs is 1. The van der Waals surface area contributed by atoms with Crippen LogP contribution in [0.25, 0.3) is 11.4 Å². The summed E-state index contributed by atoms with van der Waals surface area (Å²) < 4.78 is 5.97. The highest BCUT2D eigenvalue weighted by molar-refractivity contribution is 9.10. The van der Waals surface area contributed by atoms with Crippen molar-refractivity contribution < 1.29 is 4.74 Å². The minimum absolute atomic E-state index is 0.307. The normalized spacial score (nSPS) is 13.3. The lowest BCUT2D eigenvalue weighted by Gasteiger charge is -2.05. The monoisotopic (exact) mass is 344 g/mol. The Morgan fingerprint density at radius 2 is 1.89 bits per heavy atom. The van der Waals surface area contributed by atoms with Crippen molar-refractivity contribution in [1.29, 1.82) is 0 Å². The standard InChI is InChI=1S/C12H7BrCl2N2O/c13-9-10(14)16-12(17-11(9)15)7-1-2-8-6(5-7)3-4-18-8/h1-2,5H,3-4H2. The first-order chi connectivity index (χ1) is 8.65. The van der Waals surface area contributed by atoms with Crippen molar-refractivity contribution in [3.05, 3.63) is 38.5 Å². The quantitative estimate of drug-likeness (QED) is 0.728. The lowest BCUT2D eigenvalue weighted by Crippen LogP contribution is -1.92. The van der Waals surface area contributed by atoms with Crippen molar-refractivity contribution in [2.75, 3.05) is 6.61 Å². The maximum Gasteiger partial charge on any atom is 0.162 e. The molecule has 2 heterocycles. The second-order valence-electron chi connectivity index (χ2n) is 3.86. The van der Waals surface area contributed by atoms with Crippen LogP contribution < -0.4 is 4.74 Å². The van der Waals surface area contributed by atoms with Crippen LogP contribution >= 0.6 is 39.1 Å². The Balaban J connectivity index is 2.10. The highest BCUT2D eigenvalue weighted by Gasteiger charge is 2.15. The molecule has 3 rings (SSSR count). The smallest absolute Gasteiger partial charge is 0.162 e. The van der Waals surface area contributed by atoms with Gasteiger partial charge in [-0.2, -0.15) is 0 Å². The van der Waals surface area contributed by atoms with Crippen LogP contribution in [-0.2, 0) is 6.42 Å². The van der Waals surface area contributed by atoms with E-state index in [4.69, 9.17) is 27.9 Å². The molecule has 18 heavy (non-hydrogen) atoms. The summed E-state index contributed by atoms with van der Waals surface area (Å²) in [5.41, 5.74) is 2.04. The topological polar surface area (TPSA) is 35.0 Å². The van der Waals surface area contributed by atoms with Gasteiger partial charge in [-0.25, -0.2) is 9.97 Å². The van der Waals surface area contributed by atoms with E-state index < -0.39 is 0 Å². The molecule has 0 saturated carbocycles. The largest absolute Gasteiger partial charge is 0.493 e. The maximum absolute atomic E-state index is 5.98. The SMILES string of the molecule is Clc1nc(-c2ccc3c(c2)CCO3)nc(Cl)c1Br. The van der Waals surface area contributed by atoms with Crippen molar-refractivity contribution >= 4 is 39.1 Å². The van der Waals surface area contributed by atoms with E-state index in [0.717, 1.165) is 29.9 Å². The van der Waals surface area contributed by atoms with Crippen LogP contribution in [0.2, 0.25) is 10.3 Å². The van der Waals surface area contributed by atoms with Crippen LogP contribution in [0.1, 0.15) is 5.56 Å². The molecule has 0 unspecified atom stereocenters. The molecule has 0 spiro atoms. The first-order valence-corrected chi connectivity index (χ1v) is 6.84. The fourth-order valence-corrected chi connectivity index (χ4v) is 2.41. The van der Waals surface area contributed by atoms with E-state index in [1.165, 1.54) is 0 Å². The molecule has 1 aliphatic heterocycles. The number of nitrogens with zero attached hydrogens (tertiary/aromatic N) is 2. The third-order valence-electron chi connectivity index (χ3n) is 2.72. The Morgan fingerprint density at radius 3 is 2.61 bits per heavy atom. The third-order valence-corrected chi connectivity index (χ3v) is 4.47. The third kappa shape index (κ3) is 2.09. The zero-order valence-electron chi connectivity index (χ0n) is 9.08. The summed E-state index contributed by atoms with van der Waals surface area (Å²) in [5.74, 6) is 1.44. The summed E-state index contributed by atoms with van der Waals surface area (Å²) in [6, 6.07) is 5.84. The Bertz CT molecular complexity index is 610. The highest BCUT2D eigenvalue weighted by atomic mass is 79.9. The first-order valence-electron chi connectivity index (χ1n) is 5.30. The molecule has 0 radical (unpaired) electrons. The second-order valence-corrected chi connectivity index (χ2v) is 5.37.